The molecule has 0 N–H and O–H groups in total. The quantitative estimate of drug-likeness (QED) is 0.285. The number of alkyl halides is 1. The molecule has 1 aromatic rings. The summed E-state index contributed by atoms with van der Waals surface area (Å²) in [7, 11) is 1.33. The highest BCUT2D eigenvalue weighted by Crippen LogP contribution is 2.38. The smallest absolute Gasteiger partial charge is 0.411 e. The third kappa shape index (κ3) is 6.46. The molecule has 2 atom stereocenters. The first-order valence-corrected chi connectivity index (χ1v) is 11.2. The Kier molecular flexibility index (Phi) is 8.60. The van der Waals surface area contributed by atoms with Gasteiger partial charge >= 0.3 is 12.1 Å². The largest absolute Gasteiger partial charge is 0.467 e. The molecule has 0 radical (unpaired) electrons. The second-order valence-corrected chi connectivity index (χ2v) is 9.80. The Bertz CT molecular complexity index is 723. The van der Waals surface area contributed by atoms with Crippen molar-refractivity contribution < 1.29 is 23.8 Å². The van der Waals surface area contributed by atoms with Gasteiger partial charge in [0.1, 0.15) is 11.1 Å². The van der Waals surface area contributed by atoms with Crippen molar-refractivity contribution in [1.82, 2.24) is 4.90 Å². The Morgan fingerprint density at radius 1 is 1.34 bits per heavy atom. The Morgan fingerprint density at radius 2 is 2.07 bits per heavy atom. The molecule has 1 aliphatic heterocycles. The van der Waals surface area contributed by atoms with Gasteiger partial charge in [0.2, 0.25) is 0 Å². The molecule has 8 heteroatoms. The van der Waals surface area contributed by atoms with E-state index < -0.39 is 23.2 Å². The van der Waals surface area contributed by atoms with Gasteiger partial charge < -0.3 is 14.2 Å². The number of halogens is 2. The third-order valence-electron chi connectivity index (χ3n) is 4.75. The van der Waals surface area contributed by atoms with Gasteiger partial charge in [0.05, 0.1) is 26.4 Å². The van der Waals surface area contributed by atoms with Crippen LogP contribution in [0.15, 0.2) is 24.3 Å². The summed E-state index contributed by atoms with van der Waals surface area (Å²) in [6.07, 6.45) is 0.456. The number of likely N-dealkylation sites (tertiary alicyclic amines) is 1. The number of carbonyl (C=O) groups is 2. The van der Waals surface area contributed by atoms with E-state index in [1.807, 2.05) is 24.3 Å². The first-order chi connectivity index (χ1) is 13.6. The number of amides is 1. The predicted molar refractivity (Wildman–Crippen MR) is 120 cm³/mol. The molecule has 1 fully saturated rings. The lowest BCUT2D eigenvalue weighted by Gasteiger charge is -2.36. The number of hydrogen-bond donors (Lipinski definition) is 0. The molecule has 0 unspecified atom stereocenters. The predicted octanol–water partition coefficient (Wildman–Crippen LogP) is 4.75. The zero-order valence-electron chi connectivity index (χ0n) is 17.4. The van der Waals surface area contributed by atoms with E-state index in [2.05, 4.69) is 22.6 Å². The number of ether oxygens (including phenoxy) is 3. The van der Waals surface area contributed by atoms with Crippen LogP contribution in [-0.2, 0) is 25.6 Å². The lowest BCUT2D eigenvalue weighted by molar-refractivity contribution is -0.153. The maximum atomic E-state index is 12.9. The molecule has 0 aromatic heterocycles. The Balaban J connectivity index is 2.23. The standard InChI is InChI=1S/C21H29ClINO5/c1-20(2,3)29-19(26)24-13-17(28-14-15-7-5-8-16(23)11-15)12-21(24,9-6-10-22)18(25)27-4/h5,7-8,11,17H,6,9-10,12-14H2,1-4H3/t17-,21+/m1/s1. The molecule has 1 aromatic carbocycles. The summed E-state index contributed by atoms with van der Waals surface area (Å²) in [5.74, 6) is -0.0802. The molecule has 0 aliphatic carbocycles. The molecule has 1 amide bonds. The van der Waals surface area contributed by atoms with E-state index in [1.165, 1.54) is 12.0 Å². The highest BCUT2D eigenvalue weighted by atomic mass is 127. The van der Waals surface area contributed by atoms with Crippen LogP contribution in [0.2, 0.25) is 0 Å². The molecule has 0 bridgehead atoms. The van der Waals surface area contributed by atoms with Crippen LogP contribution in [-0.4, -0.2) is 53.7 Å². The van der Waals surface area contributed by atoms with E-state index in [4.69, 9.17) is 25.8 Å². The molecule has 29 heavy (non-hydrogen) atoms. The van der Waals surface area contributed by atoms with E-state index in [1.54, 1.807) is 20.8 Å². The highest BCUT2D eigenvalue weighted by Gasteiger charge is 2.55. The Hall–Kier alpha value is -1.06. The molecule has 0 saturated carbocycles. The number of esters is 1. The zero-order valence-corrected chi connectivity index (χ0v) is 20.3. The minimum absolute atomic E-state index is 0.260. The van der Waals surface area contributed by atoms with Crippen molar-refractivity contribution in [1.29, 1.82) is 0 Å². The zero-order chi connectivity index (χ0) is 21.7. The van der Waals surface area contributed by atoms with E-state index >= 15 is 0 Å². The molecular formula is C21H29ClINO5. The van der Waals surface area contributed by atoms with Crippen molar-refractivity contribution in [2.45, 2.75) is 63.9 Å². The van der Waals surface area contributed by atoms with Crippen LogP contribution in [0, 0.1) is 3.57 Å². The number of nitrogens with zero attached hydrogens (tertiary/aromatic N) is 1. The van der Waals surface area contributed by atoms with Gasteiger partial charge in [0.25, 0.3) is 0 Å². The Morgan fingerprint density at radius 3 is 2.66 bits per heavy atom. The Labute approximate surface area is 191 Å². The van der Waals surface area contributed by atoms with Crippen molar-refractivity contribution in [3.05, 3.63) is 33.4 Å². The van der Waals surface area contributed by atoms with Crippen LogP contribution in [0.1, 0.15) is 45.6 Å². The van der Waals surface area contributed by atoms with Crippen LogP contribution in [0.5, 0.6) is 0 Å². The van der Waals surface area contributed by atoms with Crippen molar-refractivity contribution in [2.75, 3.05) is 19.5 Å². The summed E-state index contributed by atoms with van der Waals surface area (Å²) in [6, 6.07) is 8.02. The summed E-state index contributed by atoms with van der Waals surface area (Å²) in [5, 5.41) is 0. The van der Waals surface area contributed by atoms with Crippen LogP contribution in [0.25, 0.3) is 0 Å². The SMILES string of the molecule is COC(=O)[C@]1(CCCCl)C[C@@H](OCc2cccc(I)c2)CN1C(=O)OC(C)(C)C. The summed E-state index contributed by atoms with van der Waals surface area (Å²) in [6.45, 7) is 6.05. The summed E-state index contributed by atoms with van der Waals surface area (Å²) >= 11 is 8.15. The molecule has 2 rings (SSSR count). The lowest BCUT2D eigenvalue weighted by atomic mass is 9.90. The molecule has 1 saturated heterocycles. The highest BCUT2D eigenvalue weighted by molar-refractivity contribution is 14.1. The van der Waals surface area contributed by atoms with Crippen molar-refractivity contribution in [3.63, 3.8) is 0 Å². The van der Waals surface area contributed by atoms with E-state index in [-0.39, 0.29) is 12.6 Å². The molecule has 162 valence electrons. The van der Waals surface area contributed by atoms with Crippen LogP contribution < -0.4 is 0 Å². The van der Waals surface area contributed by atoms with Gasteiger partial charge in [-0.1, -0.05) is 12.1 Å². The number of carbonyl (C=O) groups excluding carboxylic acids is 2. The number of hydrogen-bond acceptors (Lipinski definition) is 5. The van der Waals surface area contributed by atoms with Crippen LogP contribution in [0.4, 0.5) is 4.79 Å². The second kappa shape index (κ2) is 10.3. The summed E-state index contributed by atoms with van der Waals surface area (Å²) < 4.78 is 17.9. The van der Waals surface area contributed by atoms with E-state index in [0.717, 1.165) is 9.13 Å². The van der Waals surface area contributed by atoms with Crippen molar-refractivity contribution in [3.8, 4) is 0 Å². The van der Waals surface area contributed by atoms with Gasteiger partial charge in [-0.3, -0.25) is 4.90 Å². The van der Waals surface area contributed by atoms with Gasteiger partial charge in [-0.15, -0.1) is 11.6 Å². The number of methoxy groups -OCH3 is 1. The fraction of sp³-hybridized carbons (Fsp3) is 0.619. The summed E-state index contributed by atoms with van der Waals surface area (Å²) in [4.78, 5) is 27.2. The first-order valence-electron chi connectivity index (χ1n) is 9.62. The van der Waals surface area contributed by atoms with Crippen LogP contribution >= 0.6 is 34.2 Å². The van der Waals surface area contributed by atoms with Gasteiger partial charge in [0, 0.05) is 15.9 Å². The molecule has 6 nitrogen and oxygen atoms in total. The van der Waals surface area contributed by atoms with E-state index in [9.17, 15) is 9.59 Å². The number of benzene rings is 1. The average Bonchev–Trinajstić information content (AvgIpc) is 3.03. The minimum Gasteiger partial charge on any atom is -0.467 e. The molecule has 0 spiro atoms. The molecule has 1 heterocycles. The van der Waals surface area contributed by atoms with Gasteiger partial charge in [-0.25, -0.2) is 9.59 Å². The van der Waals surface area contributed by atoms with Gasteiger partial charge in [-0.2, -0.15) is 0 Å². The van der Waals surface area contributed by atoms with Gasteiger partial charge in [0.15, 0.2) is 0 Å². The second-order valence-electron chi connectivity index (χ2n) is 8.17. The lowest BCUT2D eigenvalue weighted by Crippen LogP contribution is -2.54. The van der Waals surface area contributed by atoms with Gasteiger partial charge in [-0.05, 0) is 73.9 Å². The van der Waals surface area contributed by atoms with E-state index in [0.29, 0.717) is 31.7 Å². The fourth-order valence-corrected chi connectivity index (χ4v) is 4.27. The first kappa shape index (κ1) is 24.2. The monoisotopic (exact) mass is 537 g/mol. The minimum atomic E-state index is -1.14. The normalized spacial score (nSPS) is 21.9. The molecule has 1 aliphatic rings. The maximum absolute atomic E-state index is 12.9. The summed E-state index contributed by atoms with van der Waals surface area (Å²) in [5.41, 5.74) is -0.774. The van der Waals surface area contributed by atoms with Crippen molar-refractivity contribution in [2.24, 2.45) is 0 Å². The molecular weight excluding hydrogens is 509 g/mol. The third-order valence-corrected chi connectivity index (χ3v) is 5.68. The number of rotatable bonds is 7. The topological polar surface area (TPSA) is 65.1 Å². The van der Waals surface area contributed by atoms with Crippen LogP contribution in [0.3, 0.4) is 0 Å². The fourth-order valence-electron chi connectivity index (χ4n) is 3.53. The maximum Gasteiger partial charge on any atom is 0.411 e. The van der Waals surface area contributed by atoms with Crippen molar-refractivity contribution >= 4 is 46.3 Å². The average molecular weight is 538 g/mol.